The van der Waals surface area contributed by atoms with E-state index < -0.39 is 10.7 Å². The Bertz CT molecular complexity index is 599. The second-order valence-corrected chi connectivity index (χ2v) is 4.10. The third kappa shape index (κ3) is 3.25. The van der Waals surface area contributed by atoms with E-state index in [1.54, 1.807) is 6.20 Å². The second-order valence-electron chi connectivity index (χ2n) is 4.10. The molecule has 0 saturated carbocycles. The Labute approximate surface area is 109 Å². The monoisotopic (exact) mass is 261 g/mol. The maximum atomic E-state index is 13.5. The average molecular weight is 261 g/mol. The molecule has 0 saturated heterocycles. The summed E-state index contributed by atoms with van der Waals surface area (Å²) < 4.78 is 13.5. The van der Waals surface area contributed by atoms with Gasteiger partial charge in [-0.2, -0.15) is 0 Å². The van der Waals surface area contributed by atoms with E-state index in [1.807, 2.05) is 19.1 Å². The van der Waals surface area contributed by atoms with Crippen LogP contribution >= 0.6 is 0 Å². The number of benzene rings is 1. The van der Waals surface area contributed by atoms with Crippen molar-refractivity contribution in [2.24, 2.45) is 0 Å². The van der Waals surface area contributed by atoms with Gasteiger partial charge in [0.15, 0.2) is 0 Å². The Balaban J connectivity index is 2.12. The first kappa shape index (κ1) is 12.9. The molecule has 6 heteroatoms. The van der Waals surface area contributed by atoms with Crippen LogP contribution < -0.4 is 5.32 Å². The number of rotatable bonds is 4. The van der Waals surface area contributed by atoms with Gasteiger partial charge >= 0.3 is 0 Å². The number of nitrogens with zero attached hydrogens (tertiary/aromatic N) is 2. The molecule has 19 heavy (non-hydrogen) atoms. The Hall–Kier alpha value is -2.50. The number of nitro groups is 1. The Morgan fingerprint density at radius 1 is 1.37 bits per heavy atom. The predicted molar refractivity (Wildman–Crippen MR) is 69.4 cm³/mol. The molecule has 0 unspecified atom stereocenters. The molecule has 0 aliphatic rings. The topological polar surface area (TPSA) is 68.1 Å². The van der Waals surface area contributed by atoms with E-state index in [2.05, 4.69) is 10.3 Å². The number of aromatic nitrogens is 1. The third-order valence-electron chi connectivity index (χ3n) is 2.59. The molecule has 5 nitrogen and oxygen atoms in total. The van der Waals surface area contributed by atoms with Crippen molar-refractivity contribution in [1.82, 2.24) is 4.98 Å². The highest BCUT2D eigenvalue weighted by Crippen LogP contribution is 2.21. The van der Waals surface area contributed by atoms with Gasteiger partial charge in [0.1, 0.15) is 5.82 Å². The van der Waals surface area contributed by atoms with E-state index in [9.17, 15) is 14.5 Å². The molecule has 0 amide bonds. The standard InChI is InChI=1S/C13H12FN3O2/c1-9-2-3-10(15-7-9)8-16-13-6-11(17(18)19)4-5-12(13)14/h2-7,16H,8H2,1H3. The summed E-state index contributed by atoms with van der Waals surface area (Å²) in [7, 11) is 0. The number of aryl methyl sites for hydroxylation is 1. The minimum absolute atomic E-state index is 0.0941. The largest absolute Gasteiger partial charge is 0.377 e. The highest BCUT2D eigenvalue weighted by atomic mass is 19.1. The number of hydrogen-bond acceptors (Lipinski definition) is 4. The van der Waals surface area contributed by atoms with Gasteiger partial charge < -0.3 is 5.32 Å². The lowest BCUT2D eigenvalue weighted by molar-refractivity contribution is -0.384. The van der Waals surface area contributed by atoms with E-state index >= 15 is 0 Å². The van der Waals surface area contributed by atoms with Crippen LogP contribution in [0.25, 0.3) is 0 Å². The Morgan fingerprint density at radius 2 is 2.16 bits per heavy atom. The summed E-state index contributed by atoms with van der Waals surface area (Å²) in [6.45, 7) is 2.23. The fourth-order valence-electron chi connectivity index (χ4n) is 1.55. The molecule has 1 heterocycles. The highest BCUT2D eigenvalue weighted by Gasteiger charge is 2.10. The minimum atomic E-state index is -0.561. The van der Waals surface area contributed by atoms with Crippen LogP contribution in [0.1, 0.15) is 11.3 Å². The molecule has 0 radical (unpaired) electrons. The summed E-state index contributed by atoms with van der Waals surface area (Å²) in [4.78, 5) is 14.2. The van der Waals surface area contributed by atoms with Crippen molar-refractivity contribution in [1.29, 1.82) is 0 Å². The van der Waals surface area contributed by atoms with Crippen LogP contribution in [0.3, 0.4) is 0 Å². The first-order chi connectivity index (χ1) is 9.06. The van der Waals surface area contributed by atoms with Gasteiger partial charge in [-0.25, -0.2) is 4.39 Å². The third-order valence-corrected chi connectivity index (χ3v) is 2.59. The van der Waals surface area contributed by atoms with Crippen LogP contribution in [0.2, 0.25) is 0 Å². The average Bonchev–Trinajstić information content (AvgIpc) is 2.39. The number of hydrogen-bond donors (Lipinski definition) is 1. The quantitative estimate of drug-likeness (QED) is 0.678. The maximum Gasteiger partial charge on any atom is 0.271 e. The van der Waals surface area contributed by atoms with Crippen molar-refractivity contribution in [3.05, 3.63) is 63.7 Å². The van der Waals surface area contributed by atoms with Gasteiger partial charge in [-0.3, -0.25) is 15.1 Å². The molecule has 0 fully saturated rings. The molecular weight excluding hydrogens is 249 g/mol. The molecule has 0 aliphatic carbocycles. The van der Waals surface area contributed by atoms with Gasteiger partial charge in [-0.15, -0.1) is 0 Å². The molecular formula is C13H12FN3O2. The van der Waals surface area contributed by atoms with Gasteiger partial charge in [-0.1, -0.05) is 6.07 Å². The van der Waals surface area contributed by atoms with Gasteiger partial charge in [0.2, 0.25) is 0 Å². The normalized spacial score (nSPS) is 10.2. The number of pyridine rings is 1. The van der Waals surface area contributed by atoms with Crippen LogP contribution in [0, 0.1) is 22.9 Å². The minimum Gasteiger partial charge on any atom is -0.377 e. The van der Waals surface area contributed by atoms with Gasteiger partial charge in [-0.05, 0) is 24.6 Å². The molecule has 1 aromatic heterocycles. The molecule has 0 bridgehead atoms. The fraction of sp³-hybridized carbons (Fsp3) is 0.154. The Morgan fingerprint density at radius 3 is 2.79 bits per heavy atom. The second kappa shape index (κ2) is 5.43. The van der Waals surface area contributed by atoms with Crippen molar-refractivity contribution < 1.29 is 9.31 Å². The lowest BCUT2D eigenvalue weighted by Crippen LogP contribution is -2.04. The predicted octanol–water partition coefficient (Wildman–Crippen LogP) is 3.05. The van der Waals surface area contributed by atoms with E-state index in [0.717, 1.165) is 23.4 Å². The molecule has 0 aliphatic heterocycles. The van der Waals surface area contributed by atoms with E-state index in [0.29, 0.717) is 6.54 Å². The molecule has 2 aromatic rings. The van der Waals surface area contributed by atoms with Gasteiger partial charge in [0.25, 0.3) is 5.69 Å². The zero-order chi connectivity index (χ0) is 13.8. The van der Waals surface area contributed by atoms with Crippen LogP contribution in [0.4, 0.5) is 15.8 Å². The SMILES string of the molecule is Cc1ccc(CNc2cc([N+](=O)[O-])ccc2F)nc1. The van der Waals surface area contributed by atoms with Crippen molar-refractivity contribution in [3.8, 4) is 0 Å². The molecule has 98 valence electrons. The molecule has 1 aromatic carbocycles. The maximum absolute atomic E-state index is 13.5. The summed E-state index contributed by atoms with van der Waals surface area (Å²) in [6, 6.07) is 7.09. The van der Waals surface area contributed by atoms with Crippen LogP contribution in [0.5, 0.6) is 0 Å². The van der Waals surface area contributed by atoms with Crippen LogP contribution in [0.15, 0.2) is 36.5 Å². The summed E-state index contributed by atoms with van der Waals surface area (Å²) in [5, 5.41) is 13.4. The zero-order valence-corrected chi connectivity index (χ0v) is 10.3. The van der Waals surface area contributed by atoms with Crippen molar-refractivity contribution in [2.45, 2.75) is 13.5 Å². The lowest BCUT2D eigenvalue weighted by Gasteiger charge is -2.07. The molecule has 2 rings (SSSR count). The highest BCUT2D eigenvalue weighted by molar-refractivity contribution is 5.52. The molecule has 0 spiro atoms. The number of nitrogens with one attached hydrogen (secondary N) is 1. The summed E-state index contributed by atoms with van der Waals surface area (Å²) in [5.74, 6) is -0.530. The lowest BCUT2D eigenvalue weighted by atomic mass is 10.2. The van der Waals surface area contributed by atoms with E-state index in [4.69, 9.17) is 0 Å². The summed E-state index contributed by atoms with van der Waals surface area (Å²) >= 11 is 0. The van der Waals surface area contributed by atoms with E-state index in [-0.39, 0.29) is 11.4 Å². The summed E-state index contributed by atoms with van der Waals surface area (Å²) in [5.41, 5.74) is 1.71. The van der Waals surface area contributed by atoms with Crippen LogP contribution in [-0.2, 0) is 6.54 Å². The van der Waals surface area contributed by atoms with Crippen LogP contribution in [-0.4, -0.2) is 9.91 Å². The van der Waals surface area contributed by atoms with Gasteiger partial charge in [0.05, 0.1) is 22.8 Å². The smallest absolute Gasteiger partial charge is 0.271 e. The van der Waals surface area contributed by atoms with Crippen molar-refractivity contribution in [2.75, 3.05) is 5.32 Å². The summed E-state index contributed by atoms with van der Waals surface area (Å²) in [6.07, 6.45) is 1.71. The van der Waals surface area contributed by atoms with E-state index in [1.165, 1.54) is 6.07 Å². The number of halogens is 1. The number of nitro benzene ring substituents is 1. The first-order valence-corrected chi connectivity index (χ1v) is 5.65. The fourth-order valence-corrected chi connectivity index (χ4v) is 1.55. The Kier molecular flexibility index (Phi) is 3.70. The number of non-ortho nitro benzene ring substituents is 1. The van der Waals surface area contributed by atoms with Gasteiger partial charge in [0, 0.05) is 18.3 Å². The molecule has 0 atom stereocenters. The van der Waals surface area contributed by atoms with Crippen molar-refractivity contribution in [3.63, 3.8) is 0 Å². The zero-order valence-electron chi connectivity index (χ0n) is 10.3. The molecule has 1 N–H and O–H groups in total. The first-order valence-electron chi connectivity index (χ1n) is 5.65. The number of anilines is 1. The van der Waals surface area contributed by atoms with Crippen molar-refractivity contribution >= 4 is 11.4 Å².